The average molecular weight is 1180 g/mol. The largest absolute Gasteiger partial charge is 0.408 e. The lowest BCUT2D eigenvalue weighted by Crippen LogP contribution is -2.65. The fourth-order valence-corrected chi connectivity index (χ4v) is 27.2. The van der Waals surface area contributed by atoms with Crippen molar-refractivity contribution in [3.05, 3.63) is 33.4 Å². The van der Waals surface area contributed by atoms with E-state index in [1.807, 2.05) is 9.13 Å². The summed E-state index contributed by atoms with van der Waals surface area (Å²) >= 11 is 3.49. The fraction of sp³-hybridized carbons (Fsp3) is 0.788. The summed E-state index contributed by atoms with van der Waals surface area (Å²) < 4.78 is 46.4. The lowest BCUT2D eigenvalue weighted by molar-refractivity contribution is -0.118. The predicted molar refractivity (Wildman–Crippen MR) is 321 cm³/mol. The Morgan fingerprint density at radius 2 is 1.03 bits per heavy atom. The monoisotopic (exact) mass is 1180 g/mol. The first-order chi connectivity index (χ1) is 34.9. The number of H-pyrrole nitrogens is 2. The number of carbonyl (C=O) groups excluding carboxylic acids is 1. The molecule has 5 N–H and O–H groups in total. The Balaban J connectivity index is 0.000000225. The van der Waals surface area contributed by atoms with Crippen LogP contribution in [-0.2, 0) is 31.4 Å². The molecule has 25 heteroatoms. The van der Waals surface area contributed by atoms with E-state index < -0.39 is 39.3 Å². The Bertz CT molecular complexity index is 2910. The van der Waals surface area contributed by atoms with E-state index in [1.165, 1.54) is 0 Å². The van der Waals surface area contributed by atoms with Crippen molar-refractivity contribution in [3.63, 3.8) is 0 Å². The molecule has 4 aromatic rings. The third-order valence-electron chi connectivity index (χ3n) is 16.7. The summed E-state index contributed by atoms with van der Waals surface area (Å²) in [5.74, 6) is -0.307. The lowest BCUT2D eigenvalue weighted by Gasteiger charge is -2.54. The van der Waals surface area contributed by atoms with Crippen LogP contribution >= 0.6 is 23.5 Å². The van der Waals surface area contributed by atoms with Gasteiger partial charge in [0.1, 0.15) is 23.0 Å². The van der Waals surface area contributed by atoms with Gasteiger partial charge in [-0.05, 0) is 36.3 Å². The number of anilines is 2. The van der Waals surface area contributed by atoms with Crippen molar-refractivity contribution in [2.75, 3.05) is 24.3 Å². The molecule has 1 amide bonds. The number of amides is 1. The number of fused-ring (bicyclic) bond motifs is 4. The van der Waals surface area contributed by atoms with Crippen LogP contribution in [0.3, 0.4) is 0 Å². The van der Waals surface area contributed by atoms with Gasteiger partial charge < -0.3 is 32.3 Å². The second-order valence-corrected chi connectivity index (χ2v) is 50.7. The number of imidazole rings is 2. The van der Waals surface area contributed by atoms with Crippen molar-refractivity contribution >= 4 is 97.4 Å². The highest BCUT2D eigenvalue weighted by atomic mass is 32.2. The number of rotatable bonds is 8. The minimum absolute atomic E-state index is 0.0187. The summed E-state index contributed by atoms with van der Waals surface area (Å²) in [5, 5.41) is 1.83. The number of hydrogen-bond acceptors (Lipinski definition) is 16. The maximum atomic E-state index is 13.0. The molecule has 0 bridgehead atoms. The van der Waals surface area contributed by atoms with E-state index in [4.69, 9.17) is 32.3 Å². The van der Waals surface area contributed by atoms with E-state index in [0.717, 1.165) is 0 Å². The Morgan fingerprint density at radius 1 is 0.662 bits per heavy atom. The summed E-state index contributed by atoms with van der Waals surface area (Å²) in [4.78, 5) is 61.0. The molecule has 0 aromatic carbocycles. The molecule has 77 heavy (non-hydrogen) atoms. The van der Waals surface area contributed by atoms with Crippen LogP contribution in [0.5, 0.6) is 0 Å². The van der Waals surface area contributed by atoms with Gasteiger partial charge in [-0.2, -0.15) is 9.97 Å². The van der Waals surface area contributed by atoms with Crippen LogP contribution in [0, 0.1) is 5.92 Å². The summed E-state index contributed by atoms with van der Waals surface area (Å²) in [6.07, 6.45) is 2.45. The van der Waals surface area contributed by atoms with Gasteiger partial charge in [-0.25, -0.2) is 9.97 Å². The van der Waals surface area contributed by atoms with Gasteiger partial charge in [-0.1, -0.05) is 138 Å². The van der Waals surface area contributed by atoms with Crippen molar-refractivity contribution in [1.82, 2.24) is 39.0 Å². The predicted octanol–water partition coefficient (Wildman–Crippen LogP) is 11.3. The number of nitrogen functional groups attached to an aromatic ring is 1. The number of aromatic amines is 2. The zero-order valence-corrected chi connectivity index (χ0v) is 56.1. The minimum Gasteiger partial charge on any atom is -0.408 e. The third-order valence-corrected chi connectivity index (χ3v) is 39.0. The first-order valence-corrected chi connectivity index (χ1v) is 38.5. The fourth-order valence-electron chi connectivity index (χ4n) is 10.9. The maximum Gasteiger partial charge on any atom is 0.349 e. The van der Waals surface area contributed by atoms with Crippen LogP contribution in [0.2, 0.25) is 56.4 Å². The number of nitrogens with one attached hydrogen (secondary N) is 3. The van der Waals surface area contributed by atoms with Crippen molar-refractivity contribution in [3.8, 4) is 0 Å². The highest BCUT2D eigenvalue weighted by molar-refractivity contribution is 8.00. The van der Waals surface area contributed by atoms with Crippen LogP contribution in [0.1, 0.15) is 149 Å². The number of nitrogens with two attached hydrogens (primary N) is 1. The molecular weight excluding hydrogens is 1090 g/mol. The molecule has 8 atom stereocenters. The van der Waals surface area contributed by atoms with Gasteiger partial charge in [0, 0.05) is 26.1 Å². The first-order valence-electron chi connectivity index (χ1n) is 27.2. The van der Waals surface area contributed by atoms with Gasteiger partial charge >= 0.3 is 17.1 Å². The Labute approximate surface area is 469 Å². The molecule has 8 heterocycles. The van der Waals surface area contributed by atoms with Crippen molar-refractivity contribution < 1.29 is 31.4 Å². The van der Waals surface area contributed by atoms with Crippen molar-refractivity contribution in [2.24, 2.45) is 5.92 Å². The number of aromatic nitrogens is 8. The van der Waals surface area contributed by atoms with Gasteiger partial charge in [0.05, 0.1) is 48.6 Å². The summed E-state index contributed by atoms with van der Waals surface area (Å²) in [5.41, 5.74) is 6.54. The maximum absolute atomic E-state index is 13.0. The highest BCUT2D eigenvalue weighted by Gasteiger charge is 2.67. The number of thioether (sulfide) groups is 2. The quantitative estimate of drug-likeness (QED) is 0.120. The molecule has 4 aromatic heterocycles. The summed E-state index contributed by atoms with van der Waals surface area (Å²) in [7, 11) is -9.94. The third kappa shape index (κ3) is 11.3. The molecule has 4 aliphatic heterocycles. The second kappa shape index (κ2) is 20.6. The van der Waals surface area contributed by atoms with Gasteiger partial charge in [0.15, 0.2) is 39.0 Å². The number of nitrogens with zero attached hydrogens (tertiary/aromatic N) is 6. The SMILES string of the molecule is CC(C)(C)[Si](C)(C)O[C@@H]1[C@@H]2O[Si](C(C)(C)C)(C(C)(C)C)OC[C@H]2S[C@H]1n1cnc2c(=O)[nH]c(N)nc21.CC(C)C(=O)Nc1nc2c(ncn2[C@@H]2S[C@@H]3CO[Si](C(C)(C)C)(C(C)(C)C)O[C@H]3[C@H]2O[Si](C)(C)C(C)(C)C)c(=O)[nH]1. The smallest absolute Gasteiger partial charge is 0.349 e. The van der Waals surface area contributed by atoms with E-state index in [2.05, 4.69) is 186 Å². The molecule has 0 saturated carbocycles. The van der Waals surface area contributed by atoms with Gasteiger partial charge in [0.25, 0.3) is 11.1 Å². The molecule has 0 aliphatic carbocycles. The van der Waals surface area contributed by atoms with Crippen LogP contribution in [-0.4, -0.2) is 127 Å². The van der Waals surface area contributed by atoms with Gasteiger partial charge in [-0.3, -0.25) is 38.8 Å². The molecule has 4 fully saturated rings. The molecule has 0 spiro atoms. The standard InChI is InChI=1S/C28H49N5O5SSi2.C24H43N5O4SSi2/c1-16(2)22(34)31-25-30-21-18(23(35)32-25)29-15-33(21)24-20(37-40(12,13)26(3,4)5)19-17(39-24)14-36-41(38-19,27(6,7)8)28(9,10)11;1-22(2,3)35(10,11)32-17-16-14(12-31-36(33-16,23(4,5)6)24(7,8)9)34-20(17)29-13-26-15-18(29)27-21(25)28-19(15)30/h15-17,19-20,24H,14H2,1-13H3,(H2,30,31,32,34,35);13-14,16-17,20H,12H2,1-11H3,(H3,25,27,28,30)/t17-,19-,20-,24-;14-,16-,17-,20-/m11/s1. The summed E-state index contributed by atoms with van der Waals surface area (Å²) in [6.45, 7) is 54.0. The minimum atomic E-state index is -2.77. The van der Waals surface area contributed by atoms with Crippen LogP contribution in [0.4, 0.5) is 11.9 Å². The van der Waals surface area contributed by atoms with Crippen molar-refractivity contribution in [1.29, 1.82) is 0 Å². The molecular formula is C52H92N10O9S2Si4. The zero-order chi connectivity index (χ0) is 58.0. The van der Waals surface area contributed by atoms with Crippen molar-refractivity contribution in [2.45, 2.75) is 241 Å². The lowest BCUT2D eigenvalue weighted by atomic mass is 10.1. The molecule has 8 rings (SSSR count). The molecule has 0 radical (unpaired) electrons. The van der Waals surface area contributed by atoms with E-state index in [9.17, 15) is 14.4 Å². The zero-order valence-electron chi connectivity index (χ0n) is 50.5. The van der Waals surface area contributed by atoms with Crippen LogP contribution in [0.25, 0.3) is 22.3 Å². The Morgan fingerprint density at radius 3 is 1.38 bits per heavy atom. The molecule has 4 aliphatic rings. The molecule has 4 saturated heterocycles. The van der Waals surface area contributed by atoms with E-state index in [1.54, 1.807) is 50.0 Å². The number of hydrogen-bond donors (Lipinski definition) is 4. The van der Waals surface area contributed by atoms with E-state index >= 15 is 0 Å². The van der Waals surface area contributed by atoms with Crippen LogP contribution in [0.15, 0.2) is 22.2 Å². The summed E-state index contributed by atoms with van der Waals surface area (Å²) in [6, 6.07) is 0. The van der Waals surface area contributed by atoms with Gasteiger partial charge in [-0.15, -0.1) is 23.5 Å². The Kier molecular flexibility index (Phi) is 16.6. The molecule has 432 valence electrons. The second-order valence-electron chi connectivity index (χ2n) is 29.0. The van der Waals surface area contributed by atoms with E-state index in [-0.39, 0.29) is 116 Å². The average Bonchev–Trinajstić information content (AvgIpc) is 4.04. The molecule has 0 unspecified atom stereocenters. The topological polar surface area (TPSA) is 238 Å². The van der Waals surface area contributed by atoms with E-state index in [0.29, 0.717) is 24.5 Å². The first kappa shape index (κ1) is 61.9. The molecule has 19 nitrogen and oxygen atoms in total. The Hall–Kier alpha value is -2.70. The normalized spacial score (nSPS) is 26.4. The number of carbonyl (C=O) groups is 1. The van der Waals surface area contributed by atoms with Crippen LogP contribution < -0.4 is 22.2 Å². The van der Waals surface area contributed by atoms with Gasteiger partial charge in [0.2, 0.25) is 17.8 Å². The highest BCUT2D eigenvalue weighted by Crippen LogP contribution is 2.61.